The van der Waals surface area contributed by atoms with Crippen LogP contribution in [0.25, 0.3) is 32.9 Å². The number of benzene rings is 5. The molecule has 5 atom stereocenters. The summed E-state index contributed by atoms with van der Waals surface area (Å²) in [6, 6.07) is 42.6. The van der Waals surface area contributed by atoms with Gasteiger partial charge >= 0.3 is 0 Å². The molecule has 0 bridgehead atoms. The summed E-state index contributed by atoms with van der Waals surface area (Å²) in [4.78, 5) is 2.35. The van der Waals surface area contributed by atoms with Gasteiger partial charge in [-0.05, 0) is 96.1 Å². The Kier molecular flexibility index (Phi) is 7.25. The van der Waals surface area contributed by atoms with Gasteiger partial charge < -0.3 is 9.47 Å². The zero-order valence-electron chi connectivity index (χ0n) is 29.0. The number of nitrogens with zero attached hydrogens (tertiary/aromatic N) is 5. The van der Waals surface area contributed by atoms with Gasteiger partial charge in [-0.15, -0.1) is 0 Å². The largest absolute Gasteiger partial charge is 0.337 e. The molecule has 52 heavy (non-hydrogen) atoms. The Bertz CT molecular complexity index is 2620. The van der Waals surface area contributed by atoms with Crippen LogP contribution >= 0.6 is 0 Å². The molecule has 0 spiro atoms. The van der Waals surface area contributed by atoms with Gasteiger partial charge in [0.25, 0.3) is 0 Å². The van der Waals surface area contributed by atoms with Crippen LogP contribution in [-0.4, -0.2) is 10.6 Å². The van der Waals surface area contributed by atoms with Crippen molar-refractivity contribution in [2.24, 2.45) is 5.92 Å². The van der Waals surface area contributed by atoms with Crippen molar-refractivity contribution in [2.45, 2.75) is 43.7 Å². The van der Waals surface area contributed by atoms with Crippen LogP contribution in [0.1, 0.15) is 60.0 Å². The van der Waals surface area contributed by atoms with E-state index in [-0.39, 0.29) is 18.0 Å². The third-order valence-corrected chi connectivity index (χ3v) is 11.5. The normalized spacial score (nSPS) is 22.9. The molecule has 2 heterocycles. The van der Waals surface area contributed by atoms with Crippen LogP contribution in [0.4, 0.5) is 11.4 Å². The molecule has 0 saturated carbocycles. The summed E-state index contributed by atoms with van der Waals surface area (Å²) in [6.07, 6.45) is 14.3. The van der Waals surface area contributed by atoms with Crippen molar-refractivity contribution in [3.05, 3.63) is 167 Å². The SMILES string of the molecule is CC1C=CC2c3cc(C#N)ccc3N(c3cc(C#N)cc(-c4ccc([C@@]5(C)C=CC=CC5n5c6ccccc6c6ccccc65)cc4C#N)c3)C2C1. The van der Waals surface area contributed by atoms with E-state index in [1.165, 1.54) is 21.8 Å². The topological polar surface area (TPSA) is 79.5 Å². The maximum absolute atomic E-state index is 10.7. The highest BCUT2D eigenvalue weighted by atomic mass is 15.2. The van der Waals surface area contributed by atoms with Gasteiger partial charge in [-0.1, -0.05) is 91.9 Å². The summed E-state index contributed by atoms with van der Waals surface area (Å²) in [7, 11) is 0. The second-order valence-electron chi connectivity index (χ2n) is 14.6. The molecule has 0 amide bonds. The van der Waals surface area contributed by atoms with E-state index in [4.69, 9.17) is 0 Å². The van der Waals surface area contributed by atoms with Gasteiger partial charge in [-0.25, -0.2) is 0 Å². The molecule has 9 rings (SSSR count). The summed E-state index contributed by atoms with van der Waals surface area (Å²) in [5.41, 5.74) is 9.44. The zero-order chi connectivity index (χ0) is 35.6. The molecule has 6 aromatic rings. The van der Waals surface area contributed by atoms with Gasteiger partial charge in [0.05, 0.1) is 40.9 Å². The summed E-state index contributed by atoms with van der Waals surface area (Å²) in [5, 5.41) is 33.1. The van der Waals surface area contributed by atoms with Gasteiger partial charge in [-0.3, -0.25) is 0 Å². The van der Waals surface area contributed by atoms with Gasteiger partial charge in [0.15, 0.2) is 0 Å². The van der Waals surface area contributed by atoms with Crippen molar-refractivity contribution >= 4 is 33.2 Å². The van der Waals surface area contributed by atoms with Crippen LogP contribution in [0.2, 0.25) is 0 Å². The smallest absolute Gasteiger partial charge is 0.0998 e. The van der Waals surface area contributed by atoms with Crippen molar-refractivity contribution in [3.63, 3.8) is 0 Å². The van der Waals surface area contributed by atoms with Gasteiger partial charge in [0.2, 0.25) is 0 Å². The Hall–Kier alpha value is -6.61. The molecule has 3 aliphatic rings. The van der Waals surface area contributed by atoms with E-state index in [9.17, 15) is 15.8 Å². The monoisotopic (exact) mass is 669 g/mol. The van der Waals surface area contributed by atoms with Crippen LogP contribution in [-0.2, 0) is 5.41 Å². The van der Waals surface area contributed by atoms with E-state index in [0.717, 1.165) is 40.0 Å². The van der Waals surface area contributed by atoms with Crippen molar-refractivity contribution in [1.82, 2.24) is 4.57 Å². The number of anilines is 2. The molecule has 0 fully saturated rings. The Labute approximate surface area is 303 Å². The minimum Gasteiger partial charge on any atom is -0.337 e. The zero-order valence-corrected chi connectivity index (χ0v) is 29.0. The minimum absolute atomic E-state index is 0.0372. The lowest BCUT2D eigenvalue weighted by Crippen LogP contribution is -2.33. The lowest BCUT2D eigenvalue weighted by molar-refractivity contribution is 0.431. The first-order chi connectivity index (χ1) is 25.4. The van der Waals surface area contributed by atoms with Crippen molar-refractivity contribution in [1.29, 1.82) is 15.8 Å². The maximum Gasteiger partial charge on any atom is 0.0998 e. The van der Waals surface area contributed by atoms with E-state index in [1.54, 1.807) is 0 Å². The minimum atomic E-state index is -0.454. The number of hydrogen-bond donors (Lipinski definition) is 0. The van der Waals surface area contributed by atoms with Gasteiger partial charge in [-0.2, -0.15) is 15.8 Å². The van der Waals surface area contributed by atoms with E-state index in [2.05, 4.69) is 145 Å². The highest BCUT2D eigenvalue weighted by molar-refractivity contribution is 6.08. The Balaban J connectivity index is 1.16. The molecule has 1 aromatic heterocycles. The van der Waals surface area contributed by atoms with Crippen LogP contribution in [0.5, 0.6) is 0 Å². The standard InChI is InChI=1S/C47H35N5/c1-30-14-17-40-41-24-31(27-48)15-19-44(41)51(45(40)21-30)36-23-32(28-49)22-33(26-36)37-18-16-35(25-34(37)29-50)47(2)20-8-7-13-46(47)52-42-11-5-3-9-38(42)39-10-4-6-12-43(39)52/h3-20,22-26,30,40,45-46H,21H2,1-2H3/t30?,40?,45?,46?,47-/m1/s1. The molecule has 0 radical (unpaired) electrons. The Morgan fingerprint density at radius 2 is 1.46 bits per heavy atom. The lowest BCUT2D eigenvalue weighted by Gasteiger charge is -2.38. The fourth-order valence-corrected chi connectivity index (χ4v) is 9.03. The molecule has 5 aromatic carbocycles. The van der Waals surface area contributed by atoms with Crippen LogP contribution in [0.15, 0.2) is 140 Å². The van der Waals surface area contributed by atoms with Crippen molar-refractivity contribution in [2.75, 3.05) is 4.90 Å². The molecular weight excluding hydrogens is 635 g/mol. The second kappa shape index (κ2) is 12.0. The van der Waals surface area contributed by atoms with E-state index in [0.29, 0.717) is 22.6 Å². The number of aromatic nitrogens is 1. The molecule has 0 N–H and O–H groups in total. The third-order valence-electron chi connectivity index (χ3n) is 11.5. The number of allylic oxidation sites excluding steroid dienone is 5. The molecule has 2 aliphatic carbocycles. The summed E-state index contributed by atoms with van der Waals surface area (Å²) >= 11 is 0. The quantitative estimate of drug-likeness (QED) is 0.175. The first-order valence-corrected chi connectivity index (χ1v) is 17.9. The summed E-state index contributed by atoms with van der Waals surface area (Å²) in [5.74, 6) is 0.560. The van der Waals surface area contributed by atoms with Crippen molar-refractivity contribution in [3.8, 4) is 29.3 Å². The molecule has 5 heteroatoms. The predicted molar refractivity (Wildman–Crippen MR) is 208 cm³/mol. The highest BCUT2D eigenvalue weighted by Gasteiger charge is 2.41. The van der Waals surface area contributed by atoms with Gasteiger partial charge in [0.1, 0.15) is 0 Å². The number of para-hydroxylation sites is 2. The van der Waals surface area contributed by atoms with Gasteiger partial charge in [0, 0.05) is 50.6 Å². The number of fused-ring (bicyclic) bond motifs is 6. The number of hydrogen-bond acceptors (Lipinski definition) is 4. The summed E-state index contributed by atoms with van der Waals surface area (Å²) < 4.78 is 2.44. The molecule has 248 valence electrons. The van der Waals surface area contributed by atoms with Crippen LogP contribution in [0, 0.1) is 39.9 Å². The third kappa shape index (κ3) is 4.73. The molecule has 5 nitrogen and oxygen atoms in total. The first-order valence-electron chi connectivity index (χ1n) is 17.9. The van der Waals surface area contributed by atoms with Crippen molar-refractivity contribution < 1.29 is 0 Å². The van der Waals surface area contributed by atoms with Crippen LogP contribution in [0.3, 0.4) is 0 Å². The first kappa shape index (κ1) is 31.4. The van der Waals surface area contributed by atoms with Crippen LogP contribution < -0.4 is 4.90 Å². The Morgan fingerprint density at radius 1 is 0.712 bits per heavy atom. The lowest BCUT2D eigenvalue weighted by atomic mass is 9.72. The fraction of sp³-hybridized carbons (Fsp3) is 0.170. The van der Waals surface area contributed by atoms with E-state index < -0.39 is 5.41 Å². The van der Waals surface area contributed by atoms with E-state index >= 15 is 0 Å². The van der Waals surface area contributed by atoms with E-state index in [1.807, 2.05) is 36.4 Å². The average molecular weight is 670 g/mol. The second-order valence-corrected chi connectivity index (χ2v) is 14.6. The Morgan fingerprint density at radius 3 is 2.19 bits per heavy atom. The summed E-state index contributed by atoms with van der Waals surface area (Å²) in [6.45, 7) is 4.49. The number of rotatable bonds is 4. The predicted octanol–water partition coefficient (Wildman–Crippen LogP) is 10.9. The molecular formula is C47H35N5. The fourth-order valence-electron chi connectivity index (χ4n) is 9.03. The molecule has 4 unspecified atom stereocenters. The molecule has 1 aliphatic heterocycles. The number of nitriles is 3. The average Bonchev–Trinajstić information content (AvgIpc) is 3.69. The molecule has 0 saturated heterocycles. The maximum atomic E-state index is 10.7. The highest BCUT2D eigenvalue weighted by Crippen LogP contribution is 2.51.